The number of halogens is 2. The maximum Gasteiger partial charge on any atom is 0.275 e. The van der Waals surface area contributed by atoms with E-state index in [1.54, 1.807) is 35.6 Å². The van der Waals surface area contributed by atoms with Gasteiger partial charge >= 0.3 is 0 Å². The molecule has 1 amide bonds. The van der Waals surface area contributed by atoms with Gasteiger partial charge in [-0.15, -0.1) is 6.42 Å². The fourth-order valence-electron chi connectivity index (χ4n) is 4.37. The fourth-order valence-corrected chi connectivity index (χ4v) is 4.94. The Bertz CT molecular complexity index is 1210. The van der Waals surface area contributed by atoms with E-state index in [2.05, 4.69) is 10.4 Å². The van der Waals surface area contributed by atoms with Crippen LogP contribution in [0.15, 0.2) is 53.5 Å². The smallest absolute Gasteiger partial charge is 0.275 e. The molecule has 1 heterocycles. The number of nitrogens with one attached hydrogen (secondary N) is 1. The minimum absolute atomic E-state index is 0. The molecule has 1 aliphatic rings. The van der Waals surface area contributed by atoms with Crippen LogP contribution < -0.4 is 10.9 Å². The average Bonchev–Trinajstić information content (AvgIpc) is 2.85. The first-order valence-corrected chi connectivity index (χ1v) is 12.1. The van der Waals surface area contributed by atoms with Gasteiger partial charge in [0.05, 0.1) is 40.0 Å². The Kier molecular flexibility index (Phi) is 10.5. The quantitative estimate of drug-likeness (QED) is 0.365. The Morgan fingerprint density at radius 1 is 1.09 bits per heavy atom. The van der Waals surface area contributed by atoms with Crippen LogP contribution in [-0.2, 0) is 45.7 Å². The van der Waals surface area contributed by atoms with Gasteiger partial charge in [-0.1, -0.05) is 78.4 Å². The average molecular weight is 588 g/mol. The zero-order valence-corrected chi connectivity index (χ0v) is 23.6. The number of amides is 1. The summed E-state index contributed by atoms with van der Waals surface area (Å²) in [5.74, 6) is -0.375. The van der Waals surface area contributed by atoms with Gasteiger partial charge in [-0.3, -0.25) is 9.59 Å². The monoisotopic (exact) mass is 587 g/mol. The van der Waals surface area contributed by atoms with Gasteiger partial charge in [0.1, 0.15) is 0 Å². The molecule has 0 spiro atoms. The zero-order valence-electron chi connectivity index (χ0n) is 19.2. The van der Waals surface area contributed by atoms with Crippen LogP contribution >= 0.6 is 23.2 Å². The van der Waals surface area contributed by atoms with Gasteiger partial charge in [-0.25, -0.2) is 11.2 Å². The predicted octanol–water partition coefficient (Wildman–Crippen LogP) is 5.35. The third-order valence-corrected chi connectivity index (χ3v) is 6.81. The van der Waals surface area contributed by atoms with E-state index in [0.717, 1.165) is 36.8 Å². The Balaban J connectivity index is 0.00000342. The molecule has 1 radical (unpaired) electrons. The molecule has 0 bridgehead atoms. The van der Waals surface area contributed by atoms with Crippen molar-refractivity contribution in [2.75, 3.05) is 0 Å². The van der Waals surface area contributed by atoms with E-state index in [-0.39, 0.29) is 62.4 Å². The van der Waals surface area contributed by atoms with E-state index in [0.29, 0.717) is 27.6 Å². The Morgan fingerprint density at radius 3 is 2.37 bits per heavy atom. The topological polar surface area (TPSA) is 84.2 Å². The van der Waals surface area contributed by atoms with Crippen LogP contribution in [0, 0.1) is 6.54 Å². The molecule has 1 aliphatic carbocycles. The standard InChI is InChI=1S/C26H26Cl2N3O3.Y/c27-21-7-4-8-22(28)24(21)25(33)29-14-13-17-9-11-18(12-10-17)23-19(16-32)15-30-31(26(23)34)20-5-2-1-3-6-20;/h4,7-12,14-15,20,32H,1-3,5-6,13,16H2,(H,29,33);/q-1;. The van der Waals surface area contributed by atoms with Gasteiger partial charge < -0.3 is 10.4 Å². The van der Waals surface area contributed by atoms with Crippen LogP contribution in [0.4, 0.5) is 0 Å². The van der Waals surface area contributed by atoms with Crippen LogP contribution in [0.3, 0.4) is 0 Å². The van der Waals surface area contributed by atoms with Crippen LogP contribution in [-0.4, -0.2) is 20.8 Å². The molecule has 2 aromatic carbocycles. The molecule has 3 aromatic rings. The first kappa shape index (κ1) is 28.0. The minimum Gasteiger partial charge on any atom is -0.501 e. The van der Waals surface area contributed by atoms with Crippen LogP contribution in [0.5, 0.6) is 0 Å². The molecule has 35 heavy (non-hydrogen) atoms. The summed E-state index contributed by atoms with van der Waals surface area (Å²) in [5.41, 5.74) is 2.75. The third kappa shape index (κ3) is 6.61. The molecule has 2 N–H and O–H groups in total. The zero-order chi connectivity index (χ0) is 24.1. The second-order valence-corrected chi connectivity index (χ2v) is 9.23. The van der Waals surface area contributed by atoms with Crippen molar-refractivity contribution in [2.24, 2.45) is 0 Å². The van der Waals surface area contributed by atoms with Crippen molar-refractivity contribution in [3.8, 4) is 11.1 Å². The third-order valence-electron chi connectivity index (χ3n) is 6.18. The fraction of sp³-hybridized carbons (Fsp3) is 0.308. The van der Waals surface area contributed by atoms with Gasteiger partial charge in [0, 0.05) is 38.3 Å². The van der Waals surface area contributed by atoms with Crippen molar-refractivity contribution in [1.29, 1.82) is 0 Å². The second-order valence-electron chi connectivity index (χ2n) is 8.42. The molecule has 0 saturated heterocycles. The molecule has 0 atom stereocenters. The molecule has 0 unspecified atom stereocenters. The van der Waals surface area contributed by atoms with Crippen molar-refractivity contribution in [1.82, 2.24) is 15.1 Å². The summed E-state index contributed by atoms with van der Waals surface area (Å²) < 4.78 is 1.59. The van der Waals surface area contributed by atoms with Crippen LogP contribution in [0.1, 0.15) is 59.6 Å². The van der Waals surface area contributed by atoms with E-state index in [9.17, 15) is 14.7 Å². The summed E-state index contributed by atoms with van der Waals surface area (Å²) in [6, 6.07) is 12.5. The number of carbonyl (C=O) groups excluding carboxylic acids is 1. The number of aromatic nitrogens is 2. The number of aliphatic hydroxyl groups is 1. The molecule has 1 saturated carbocycles. The Hall–Kier alpha value is -1.57. The summed E-state index contributed by atoms with van der Waals surface area (Å²) >= 11 is 12.2. The maximum absolute atomic E-state index is 13.3. The molecule has 0 aliphatic heterocycles. The Morgan fingerprint density at radius 2 is 1.74 bits per heavy atom. The maximum atomic E-state index is 13.3. The number of nitrogens with zero attached hydrogens (tertiary/aromatic N) is 2. The largest absolute Gasteiger partial charge is 0.501 e. The number of hydrogen-bond acceptors (Lipinski definition) is 4. The van der Waals surface area contributed by atoms with Gasteiger partial charge in [-0.2, -0.15) is 5.10 Å². The van der Waals surface area contributed by atoms with Crippen molar-refractivity contribution in [3.05, 3.63) is 92.3 Å². The second kappa shape index (κ2) is 13.1. The summed E-state index contributed by atoms with van der Waals surface area (Å²) in [5, 5.41) is 17.5. The minimum atomic E-state index is -0.375. The SMILES string of the molecule is O=C(N[CH-]Cc1ccc(-c2c(CO)cnn(C3CCCCC3)c2=O)cc1)c1c(Cl)cccc1Cl.[Y]. The predicted molar refractivity (Wildman–Crippen MR) is 134 cm³/mol. The molecule has 6 nitrogen and oxygen atoms in total. The van der Waals surface area contributed by atoms with Gasteiger partial charge in [-0.05, 0) is 30.5 Å². The summed E-state index contributed by atoms with van der Waals surface area (Å²) in [4.78, 5) is 25.7. The van der Waals surface area contributed by atoms with Crippen LogP contribution in [0.25, 0.3) is 11.1 Å². The number of carbonyl (C=O) groups is 1. The van der Waals surface area contributed by atoms with Crippen LogP contribution in [0.2, 0.25) is 10.0 Å². The molecule has 9 heteroatoms. The summed E-state index contributed by atoms with van der Waals surface area (Å²) in [6.45, 7) is 1.38. The molecule has 1 fully saturated rings. The molecule has 181 valence electrons. The van der Waals surface area contributed by atoms with E-state index < -0.39 is 0 Å². The first-order chi connectivity index (χ1) is 16.5. The van der Waals surface area contributed by atoms with E-state index >= 15 is 0 Å². The van der Waals surface area contributed by atoms with Crippen molar-refractivity contribution >= 4 is 29.1 Å². The van der Waals surface area contributed by atoms with Gasteiger partial charge in [0.15, 0.2) is 0 Å². The van der Waals surface area contributed by atoms with Crippen molar-refractivity contribution in [3.63, 3.8) is 0 Å². The molecular formula is C26H26Cl2N3O3Y-. The molecular weight excluding hydrogens is 562 g/mol. The summed E-state index contributed by atoms with van der Waals surface area (Å²) in [7, 11) is 0. The number of hydrogen-bond donors (Lipinski definition) is 2. The van der Waals surface area contributed by atoms with E-state index in [4.69, 9.17) is 23.2 Å². The molecule has 4 rings (SSSR count). The first-order valence-electron chi connectivity index (χ1n) is 11.4. The van der Waals surface area contributed by atoms with Crippen molar-refractivity contribution < 1.29 is 42.6 Å². The van der Waals surface area contributed by atoms with E-state index in [1.165, 1.54) is 6.42 Å². The van der Waals surface area contributed by atoms with Gasteiger partial charge in [0.2, 0.25) is 5.91 Å². The number of aliphatic hydroxyl groups excluding tert-OH is 1. The van der Waals surface area contributed by atoms with E-state index in [1.807, 2.05) is 24.3 Å². The number of benzene rings is 2. The normalized spacial score (nSPS) is 13.8. The summed E-state index contributed by atoms with van der Waals surface area (Å²) in [6.07, 6.45) is 7.36. The molecule has 1 aromatic heterocycles. The Labute approximate surface area is 239 Å². The van der Waals surface area contributed by atoms with Crippen molar-refractivity contribution in [2.45, 2.75) is 51.2 Å². The van der Waals surface area contributed by atoms with Gasteiger partial charge in [0.25, 0.3) is 5.56 Å². The number of rotatable bonds is 7.